The van der Waals surface area contributed by atoms with E-state index in [9.17, 15) is 4.79 Å². The van der Waals surface area contributed by atoms with E-state index in [1.807, 2.05) is 11.0 Å². The number of rotatable bonds is 4. The van der Waals surface area contributed by atoms with Gasteiger partial charge >= 0.3 is 0 Å². The van der Waals surface area contributed by atoms with Crippen LogP contribution in [0.3, 0.4) is 0 Å². The van der Waals surface area contributed by atoms with Gasteiger partial charge in [0, 0.05) is 23.6 Å². The number of thiophene rings is 1. The predicted octanol–water partition coefficient (Wildman–Crippen LogP) is 4.22. The van der Waals surface area contributed by atoms with E-state index in [2.05, 4.69) is 50.6 Å². The van der Waals surface area contributed by atoms with Crippen LogP contribution in [0, 0.1) is 0 Å². The van der Waals surface area contributed by atoms with Crippen LogP contribution in [0.2, 0.25) is 0 Å². The van der Waals surface area contributed by atoms with E-state index in [4.69, 9.17) is 0 Å². The van der Waals surface area contributed by atoms with Crippen LogP contribution in [0.4, 0.5) is 0 Å². The molecule has 0 N–H and O–H groups in total. The number of nitrogens with zero attached hydrogens (tertiary/aromatic N) is 2. The van der Waals surface area contributed by atoms with Crippen LogP contribution in [0.15, 0.2) is 14.3 Å². The molecule has 3 nitrogen and oxygen atoms in total. The topological polar surface area (TPSA) is 23.6 Å². The van der Waals surface area contributed by atoms with E-state index in [1.165, 1.54) is 11.3 Å². The second-order valence-corrected chi connectivity index (χ2v) is 8.20. The van der Waals surface area contributed by atoms with Crippen molar-refractivity contribution in [1.82, 2.24) is 9.80 Å². The summed E-state index contributed by atoms with van der Waals surface area (Å²) in [7, 11) is 0. The minimum absolute atomic E-state index is 0.166. The Kier molecular flexibility index (Phi) is 6.08. The minimum Gasteiger partial charge on any atom is -0.338 e. The highest BCUT2D eigenvalue weighted by molar-refractivity contribution is 9.13. The van der Waals surface area contributed by atoms with E-state index < -0.39 is 0 Å². The Labute approximate surface area is 141 Å². The number of likely N-dealkylation sites (tertiary alicyclic amines) is 1. The molecule has 1 fully saturated rings. The zero-order valence-electron chi connectivity index (χ0n) is 11.9. The van der Waals surface area contributed by atoms with Gasteiger partial charge in [0.05, 0.1) is 8.66 Å². The Morgan fingerprint density at radius 2 is 1.95 bits per heavy atom. The predicted molar refractivity (Wildman–Crippen MR) is 91.6 cm³/mol. The molecule has 0 radical (unpaired) electrons. The van der Waals surface area contributed by atoms with Crippen molar-refractivity contribution in [3.8, 4) is 0 Å². The number of piperidine rings is 1. The quantitative estimate of drug-likeness (QED) is 0.723. The monoisotopic (exact) mass is 422 g/mol. The fourth-order valence-corrected chi connectivity index (χ4v) is 4.79. The maximum Gasteiger partial charge on any atom is 0.264 e. The Morgan fingerprint density at radius 1 is 1.35 bits per heavy atom. The average Bonchev–Trinajstić information content (AvgIpc) is 2.80. The lowest BCUT2D eigenvalue weighted by molar-refractivity contribution is 0.0636. The standard InChI is InChI=1S/C14H20Br2N2OS/c1-3-17(4-2)10-5-7-18(8-6-10)14(19)12-9-11(15)13(16)20-12/h9-10H,3-8H2,1-2H3. The van der Waals surface area contributed by atoms with Gasteiger partial charge in [-0.15, -0.1) is 11.3 Å². The van der Waals surface area contributed by atoms with Crippen LogP contribution >= 0.6 is 43.2 Å². The molecule has 0 atom stereocenters. The minimum atomic E-state index is 0.166. The molecule has 112 valence electrons. The van der Waals surface area contributed by atoms with Gasteiger partial charge < -0.3 is 9.80 Å². The van der Waals surface area contributed by atoms with Gasteiger partial charge in [-0.2, -0.15) is 0 Å². The molecule has 20 heavy (non-hydrogen) atoms. The van der Waals surface area contributed by atoms with Gasteiger partial charge in [0.15, 0.2) is 0 Å². The molecule has 1 aliphatic rings. The molecule has 0 bridgehead atoms. The summed E-state index contributed by atoms with van der Waals surface area (Å²) in [6.45, 7) is 8.35. The van der Waals surface area contributed by atoms with Crippen LogP contribution in [0.1, 0.15) is 36.4 Å². The lowest BCUT2D eigenvalue weighted by Crippen LogP contribution is -2.46. The molecule has 0 unspecified atom stereocenters. The fraction of sp³-hybridized carbons (Fsp3) is 0.643. The van der Waals surface area contributed by atoms with E-state index >= 15 is 0 Å². The molecule has 6 heteroatoms. The highest BCUT2D eigenvalue weighted by Gasteiger charge is 2.27. The van der Waals surface area contributed by atoms with Crippen molar-refractivity contribution < 1.29 is 4.79 Å². The van der Waals surface area contributed by atoms with Gasteiger partial charge in [0.2, 0.25) is 0 Å². The third-order valence-corrected chi connectivity index (χ3v) is 7.18. The van der Waals surface area contributed by atoms with Crippen molar-refractivity contribution in [1.29, 1.82) is 0 Å². The molecule has 2 heterocycles. The summed E-state index contributed by atoms with van der Waals surface area (Å²) in [5, 5.41) is 0. The molecule has 1 amide bonds. The zero-order valence-corrected chi connectivity index (χ0v) is 15.9. The molecular formula is C14H20Br2N2OS. The van der Waals surface area contributed by atoms with Crippen molar-refractivity contribution >= 4 is 49.1 Å². The number of hydrogen-bond acceptors (Lipinski definition) is 3. The van der Waals surface area contributed by atoms with Gasteiger partial charge in [-0.3, -0.25) is 4.79 Å². The smallest absolute Gasteiger partial charge is 0.264 e. The third kappa shape index (κ3) is 3.64. The SMILES string of the molecule is CCN(CC)C1CCN(C(=O)c2cc(Br)c(Br)s2)CC1. The molecule has 1 saturated heterocycles. The van der Waals surface area contributed by atoms with Gasteiger partial charge in [-0.05, 0) is 63.9 Å². The van der Waals surface area contributed by atoms with Crippen LogP contribution in [-0.2, 0) is 0 Å². The van der Waals surface area contributed by atoms with Gasteiger partial charge in [0.1, 0.15) is 0 Å². The van der Waals surface area contributed by atoms with Crippen molar-refractivity contribution in [2.45, 2.75) is 32.7 Å². The highest BCUT2D eigenvalue weighted by atomic mass is 79.9. The second kappa shape index (κ2) is 7.38. The molecule has 0 aromatic carbocycles. The molecular weight excluding hydrogens is 404 g/mol. The second-order valence-electron chi connectivity index (χ2n) is 4.98. The Hall–Kier alpha value is 0.0900. The number of hydrogen-bond donors (Lipinski definition) is 0. The summed E-state index contributed by atoms with van der Waals surface area (Å²) < 4.78 is 1.95. The van der Waals surface area contributed by atoms with Crippen LogP contribution < -0.4 is 0 Å². The summed E-state index contributed by atoms with van der Waals surface area (Å²) in [6, 6.07) is 2.55. The van der Waals surface area contributed by atoms with Gasteiger partial charge in [-0.25, -0.2) is 0 Å². The van der Waals surface area contributed by atoms with E-state index in [0.29, 0.717) is 6.04 Å². The van der Waals surface area contributed by atoms with Crippen LogP contribution in [-0.4, -0.2) is 47.9 Å². The molecule has 0 aliphatic carbocycles. The first-order chi connectivity index (χ1) is 9.56. The third-order valence-electron chi connectivity index (χ3n) is 3.94. The fourth-order valence-electron chi connectivity index (χ4n) is 2.78. The summed E-state index contributed by atoms with van der Waals surface area (Å²) >= 11 is 8.39. The normalized spacial score (nSPS) is 16.9. The first-order valence-corrected chi connectivity index (χ1v) is 9.45. The molecule has 0 spiro atoms. The Bertz CT molecular complexity index is 446. The first kappa shape index (κ1) is 16.5. The molecule has 1 aromatic heterocycles. The number of carbonyl (C=O) groups excluding carboxylic acids is 1. The van der Waals surface area contributed by atoms with Crippen molar-refractivity contribution in [2.24, 2.45) is 0 Å². The van der Waals surface area contributed by atoms with Crippen molar-refractivity contribution in [3.63, 3.8) is 0 Å². The van der Waals surface area contributed by atoms with Crippen molar-refractivity contribution in [2.75, 3.05) is 26.2 Å². The first-order valence-electron chi connectivity index (χ1n) is 7.05. The molecule has 0 saturated carbocycles. The Morgan fingerprint density at radius 3 is 2.40 bits per heavy atom. The zero-order chi connectivity index (χ0) is 14.7. The molecule has 1 aromatic rings. The lowest BCUT2D eigenvalue weighted by atomic mass is 10.0. The maximum absolute atomic E-state index is 12.5. The van der Waals surface area contributed by atoms with E-state index in [1.54, 1.807) is 0 Å². The number of amides is 1. The van der Waals surface area contributed by atoms with E-state index in [-0.39, 0.29) is 5.91 Å². The van der Waals surface area contributed by atoms with Crippen LogP contribution in [0.5, 0.6) is 0 Å². The highest BCUT2D eigenvalue weighted by Crippen LogP contribution is 2.33. The Balaban J connectivity index is 1.95. The van der Waals surface area contributed by atoms with E-state index in [0.717, 1.165) is 52.2 Å². The van der Waals surface area contributed by atoms with Gasteiger partial charge in [0.25, 0.3) is 5.91 Å². The number of halogens is 2. The molecule has 2 rings (SSSR count). The largest absolute Gasteiger partial charge is 0.338 e. The average molecular weight is 424 g/mol. The van der Waals surface area contributed by atoms with Crippen LogP contribution in [0.25, 0.3) is 0 Å². The maximum atomic E-state index is 12.5. The van der Waals surface area contributed by atoms with Gasteiger partial charge in [-0.1, -0.05) is 13.8 Å². The summed E-state index contributed by atoms with van der Waals surface area (Å²) in [6.07, 6.45) is 2.17. The summed E-state index contributed by atoms with van der Waals surface area (Å²) in [4.78, 5) is 17.8. The lowest BCUT2D eigenvalue weighted by Gasteiger charge is -2.37. The van der Waals surface area contributed by atoms with Crippen molar-refractivity contribution in [3.05, 3.63) is 19.2 Å². The number of carbonyl (C=O) groups is 1. The molecule has 1 aliphatic heterocycles. The summed E-state index contributed by atoms with van der Waals surface area (Å²) in [5.41, 5.74) is 0. The summed E-state index contributed by atoms with van der Waals surface area (Å²) in [5.74, 6) is 0.166.